The van der Waals surface area contributed by atoms with Gasteiger partial charge in [-0.05, 0) is 32.0 Å². The van der Waals surface area contributed by atoms with Gasteiger partial charge in [-0.15, -0.1) is 0 Å². The quantitative estimate of drug-likeness (QED) is 0.837. The van der Waals surface area contributed by atoms with Crippen molar-refractivity contribution < 1.29 is 19.4 Å². The monoisotopic (exact) mass is 329 g/mol. The van der Waals surface area contributed by atoms with E-state index in [1.54, 1.807) is 32.0 Å². The van der Waals surface area contributed by atoms with Crippen LogP contribution in [0.3, 0.4) is 0 Å². The van der Waals surface area contributed by atoms with Crippen molar-refractivity contribution in [1.82, 2.24) is 5.32 Å². The van der Waals surface area contributed by atoms with E-state index >= 15 is 0 Å². The van der Waals surface area contributed by atoms with Gasteiger partial charge in [0.1, 0.15) is 5.75 Å². The van der Waals surface area contributed by atoms with Crippen LogP contribution in [0.25, 0.3) is 0 Å². The summed E-state index contributed by atoms with van der Waals surface area (Å²) in [4.78, 5) is 22.4. The van der Waals surface area contributed by atoms with Gasteiger partial charge in [0.25, 0.3) is 5.91 Å². The van der Waals surface area contributed by atoms with E-state index in [0.717, 1.165) is 4.47 Å². The van der Waals surface area contributed by atoms with Crippen molar-refractivity contribution in [2.45, 2.75) is 13.8 Å². The molecule has 0 fully saturated rings. The Morgan fingerprint density at radius 2 is 2.11 bits per heavy atom. The number of benzene rings is 1. The molecular weight excluding hydrogens is 314 g/mol. The molecule has 0 spiro atoms. The van der Waals surface area contributed by atoms with Crippen LogP contribution in [0.15, 0.2) is 28.7 Å². The zero-order valence-electron chi connectivity index (χ0n) is 10.8. The summed E-state index contributed by atoms with van der Waals surface area (Å²) in [6.07, 6.45) is 0. The highest BCUT2D eigenvalue weighted by Gasteiger charge is 2.27. The van der Waals surface area contributed by atoms with Crippen LogP contribution in [0.4, 0.5) is 0 Å². The molecule has 1 rings (SSSR count). The Hall–Kier alpha value is -1.56. The highest BCUT2D eigenvalue weighted by Crippen LogP contribution is 2.17. The van der Waals surface area contributed by atoms with Gasteiger partial charge in [-0.25, -0.2) is 0 Å². The minimum Gasteiger partial charge on any atom is -0.484 e. The lowest BCUT2D eigenvalue weighted by Crippen LogP contribution is -2.40. The van der Waals surface area contributed by atoms with Gasteiger partial charge >= 0.3 is 5.97 Å². The predicted octanol–water partition coefficient (Wildman–Crippen LogP) is 2.05. The molecule has 0 saturated carbocycles. The SMILES string of the molecule is CC(C)(CNC(=O)COc1cccc(Br)c1)C(=O)O. The van der Waals surface area contributed by atoms with Crippen LogP contribution >= 0.6 is 15.9 Å². The van der Waals surface area contributed by atoms with Crippen LogP contribution in [0, 0.1) is 5.41 Å². The Bertz CT molecular complexity index is 473. The fourth-order valence-electron chi connectivity index (χ4n) is 1.15. The number of nitrogens with one attached hydrogen (secondary N) is 1. The number of carbonyl (C=O) groups excluding carboxylic acids is 1. The van der Waals surface area contributed by atoms with Gasteiger partial charge < -0.3 is 15.2 Å². The number of rotatable bonds is 6. The van der Waals surface area contributed by atoms with Crippen molar-refractivity contribution in [3.63, 3.8) is 0 Å². The fourth-order valence-corrected chi connectivity index (χ4v) is 1.53. The molecule has 0 saturated heterocycles. The summed E-state index contributed by atoms with van der Waals surface area (Å²) in [5.74, 6) is -0.739. The topological polar surface area (TPSA) is 75.6 Å². The van der Waals surface area contributed by atoms with Crippen LogP contribution in [-0.4, -0.2) is 30.1 Å². The van der Waals surface area contributed by atoms with Crippen molar-refractivity contribution in [2.75, 3.05) is 13.2 Å². The van der Waals surface area contributed by atoms with Crippen LogP contribution in [0.1, 0.15) is 13.8 Å². The van der Waals surface area contributed by atoms with Gasteiger partial charge in [0, 0.05) is 11.0 Å². The minimum atomic E-state index is -0.995. The number of hydrogen-bond donors (Lipinski definition) is 2. The van der Waals surface area contributed by atoms with Crippen molar-refractivity contribution in [3.05, 3.63) is 28.7 Å². The molecule has 1 aromatic rings. The molecule has 0 bridgehead atoms. The maximum absolute atomic E-state index is 11.5. The van der Waals surface area contributed by atoms with E-state index in [1.165, 1.54) is 0 Å². The van der Waals surface area contributed by atoms with E-state index in [2.05, 4.69) is 21.2 Å². The second kappa shape index (κ2) is 6.56. The number of carboxylic acids is 1. The maximum Gasteiger partial charge on any atom is 0.310 e. The molecule has 0 radical (unpaired) electrons. The fraction of sp³-hybridized carbons (Fsp3) is 0.385. The molecule has 2 N–H and O–H groups in total. The minimum absolute atomic E-state index is 0.0585. The molecule has 0 aliphatic rings. The van der Waals surface area contributed by atoms with Crippen LogP contribution in [0.2, 0.25) is 0 Å². The average molecular weight is 330 g/mol. The average Bonchev–Trinajstić information content (AvgIpc) is 2.34. The summed E-state index contributed by atoms with van der Waals surface area (Å²) in [6, 6.07) is 7.13. The smallest absolute Gasteiger partial charge is 0.310 e. The second-order valence-electron chi connectivity index (χ2n) is 4.71. The standard InChI is InChI=1S/C13H16BrNO4/c1-13(2,12(17)18)8-15-11(16)7-19-10-5-3-4-9(14)6-10/h3-6H,7-8H2,1-2H3,(H,15,16)(H,17,18). The maximum atomic E-state index is 11.5. The molecular formula is C13H16BrNO4. The summed E-state index contributed by atoms with van der Waals surface area (Å²) in [6.45, 7) is 3.00. The van der Waals surface area contributed by atoms with E-state index < -0.39 is 11.4 Å². The number of carbonyl (C=O) groups is 2. The Balaban J connectivity index is 2.39. The zero-order chi connectivity index (χ0) is 14.5. The molecule has 0 unspecified atom stereocenters. The van der Waals surface area contributed by atoms with Gasteiger partial charge in [0.05, 0.1) is 5.41 Å². The van der Waals surface area contributed by atoms with Crippen LogP contribution in [-0.2, 0) is 9.59 Å². The molecule has 0 atom stereocenters. The van der Waals surface area contributed by atoms with Crippen molar-refractivity contribution in [2.24, 2.45) is 5.41 Å². The molecule has 6 heteroatoms. The Kier molecular flexibility index (Phi) is 5.35. The van der Waals surface area contributed by atoms with Crippen molar-refractivity contribution >= 4 is 27.8 Å². The predicted molar refractivity (Wildman–Crippen MR) is 74.1 cm³/mol. The molecule has 1 amide bonds. The highest BCUT2D eigenvalue weighted by molar-refractivity contribution is 9.10. The summed E-state index contributed by atoms with van der Waals surface area (Å²) >= 11 is 3.30. The third-order valence-electron chi connectivity index (χ3n) is 2.47. The lowest BCUT2D eigenvalue weighted by Gasteiger charge is -2.19. The number of halogens is 1. The number of ether oxygens (including phenoxy) is 1. The number of amides is 1. The Morgan fingerprint density at radius 3 is 2.68 bits per heavy atom. The first-order valence-electron chi connectivity index (χ1n) is 5.70. The summed E-state index contributed by atoms with van der Waals surface area (Å²) in [5.41, 5.74) is -0.995. The number of hydrogen-bond acceptors (Lipinski definition) is 3. The van der Waals surface area contributed by atoms with Crippen LogP contribution < -0.4 is 10.1 Å². The van der Waals surface area contributed by atoms with E-state index in [4.69, 9.17) is 9.84 Å². The molecule has 0 aliphatic heterocycles. The van der Waals surface area contributed by atoms with E-state index in [0.29, 0.717) is 5.75 Å². The zero-order valence-corrected chi connectivity index (χ0v) is 12.4. The molecule has 19 heavy (non-hydrogen) atoms. The first-order chi connectivity index (χ1) is 8.81. The van der Waals surface area contributed by atoms with E-state index in [-0.39, 0.29) is 19.1 Å². The first-order valence-corrected chi connectivity index (χ1v) is 6.49. The molecule has 1 aromatic carbocycles. The number of carboxylic acid groups (broad SMARTS) is 1. The third kappa shape index (κ3) is 5.30. The van der Waals surface area contributed by atoms with Gasteiger partial charge in [0.2, 0.25) is 0 Å². The summed E-state index contributed by atoms with van der Waals surface area (Å²) in [7, 11) is 0. The van der Waals surface area contributed by atoms with Crippen LogP contribution in [0.5, 0.6) is 5.75 Å². The van der Waals surface area contributed by atoms with E-state index in [1.807, 2.05) is 6.07 Å². The van der Waals surface area contributed by atoms with E-state index in [9.17, 15) is 9.59 Å². The molecule has 0 aromatic heterocycles. The van der Waals surface area contributed by atoms with Gasteiger partial charge in [-0.3, -0.25) is 9.59 Å². The van der Waals surface area contributed by atoms with Crippen molar-refractivity contribution in [1.29, 1.82) is 0 Å². The molecule has 0 heterocycles. The molecule has 5 nitrogen and oxygen atoms in total. The Labute approximate surface area is 120 Å². The highest BCUT2D eigenvalue weighted by atomic mass is 79.9. The molecule has 0 aliphatic carbocycles. The first kappa shape index (κ1) is 15.5. The van der Waals surface area contributed by atoms with Gasteiger partial charge in [-0.1, -0.05) is 22.0 Å². The summed E-state index contributed by atoms with van der Waals surface area (Å²) < 4.78 is 6.14. The van der Waals surface area contributed by atoms with Crippen molar-refractivity contribution in [3.8, 4) is 5.75 Å². The van der Waals surface area contributed by atoms with Gasteiger partial charge in [-0.2, -0.15) is 0 Å². The third-order valence-corrected chi connectivity index (χ3v) is 2.97. The number of aliphatic carboxylic acids is 1. The largest absolute Gasteiger partial charge is 0.484 e. The lowest BCUT2D eigenvalue weighted by molar-refractivity contribution is -0.146. The lowest BCUT2D eigenvalue weighted by atomic mass is 9.94. The normalized spacial score (nSPS) is 10.9. The molecule has 104 valence electrons. The summed E-state index contributed by atoms with van der Waals surface area (Å²) in [5, 5.41) is 11.4. The second-order valence-corrected chi connectivity index (χ2v) is 5.63. The Morgan fingerprint density at radius 1 is 1.42 bits per heavy atom. The van der Waals surface area contributed by atoms with Gasteiger partial charge in [0.15, 0.2) is 6.61 Å².